The molecule has 0 N–H and O–H groups in total. The second-order valence-corrected chi connectivity index (χ2v) is 14.6. The first-order valence-corrected chi connectivity index (χ1v) is 18.0. The molecule has 236 valence electrons. The molecule has 3 heterocycles. The highest BCUT2D eigenvalue weighted by atomic mass is 32.1. The van der Waals surface area contributed by atoms with E-state index in [9.17, 15) is 5.26 Å². The van der Waals surface area contributed by atoms with Gasteiger partial charge in [0.15, 0.2) is 0 Å². The first-order valence-electron chi connectivity index (χ1n) is 17.2. The van der Waals surface area contributed by atoms with Crippen LogP contribution in [-0.2, 0) is 5.41 Å². The van der Waals surface area contributed by atoms with Crippen molar-refractivity contribution in [2.75, 3.05) is 0 Å². The van der Waals surface area contributed by atoms with Crippen molar-refractivity contribution < 1.29 is 0 Å². The lowest BCUT2D eigenvalue weighted by Gasteiger charge is -2.36. The number of nitrogens with zero attached hydrogens (tertiary/aromatic N) is 3. The lowest BCUT2D eigenvalue weighted by atomic mass is 9.65. The Morgan fingerprint density at radius 1 is 0.760 bits per heavy atom. The van der Waals surface area contributed by atoms with E-state index in [4.69, 9.17) is 4.98 Å². The van der Waals surface area contributed by atoms with Gasteiger partial charge in [-0.15, -0.1) is 11.3 Å². The van der Waals surface area contributed by atoms with Gasteiger partial charge in [0.2, 0.25) is 0 Å². The molecule has 0 fully saturated rings. The first kappa shape index (κ1) is 28.9. The number of thiophene rings is 1. The van der Waals surface area contributed by atoms with Gasteiger partial charge in [0.1, 0.15) is 16.0 Å². The third-order valence-electron chi connectivity index (χ3n) is 10.7. The predicted molar refractivity (Wildman–Crippen MR) is 206 cm³/mol. The fraction of sp³-hybridized carbons (Fsp3) is 0.0870. The number of rotatable bonds is 4. The van der Waals surface area contributed by atoms with E-state index in [1.807, 2.05) is 12.1 Å². The molecule has 2 aliphatic carbocycles. The lowest BCUT2D eigenvalue weighted by Crippen LogP contribution is -2.30. The third-order valence-corrected chi connectivity index (χ3v) is 11.8. The molecule has 3 aromatic heterocycles. The average molecular weight is 658 g/mol. The molecular weight excluding hydrogens is 627 g/mol. The van der Waals surface area contributed by atoms with E-state index in [-0.39, 0.29) is 0 Å². The second kappa shape index (κ2) is 11.0. The monoisotopic (exact) mass is 657 g/mol. The van der Waals surface area contributed by atoms with Crippen molar-refractivity contribution in [1.82, 2.24) is 9.38 Å². The van der Waals surface area contributed by atoms with Crippen molar-refractivity contribution in [1.29, 1.82) is 5.26 Å². The van der Waals surface area contributed by atoms with Gasteiger partial charge >= 0.3 is 0 Å². The zero-order chi connectivity index (χ0) is 33.4. The highest BCUT2D eigenvalue weighted by Crippen LogP contribution is 2.58. The molecule has 2 aliphatic rings. The molecule has 0 saturated carbocycles. The molecule has 0 radical (unpaired) electrons. The van der Waals surface area contributed by atoms with Gasteiger partial charge < -0.3 is 0 Å². The Morgan fingerprint density at radius 2 is 1.46 bits per heavy atom. The summed E-state index contributed by atoms with van der Waals surface area (Å²) in [5.74, 6) is 0.426. The number of hydrogen-bond donors (Lipinski definition) is 0. The van der Waals surface area contributed by atoms with E-state index >= 15 is 0 Å². The zero-order valence-corrected chi connectivity index (χ0v) is 28.3. The van der Waals surface area contributed by atoms with Crippen LogP contribution < -0.4 is 0 Å². The minimum Gasteiger partial charge on any atom is -0.291 e. The molecule has 0 saturated heterocycles. The Morgan fingerprint density at radius 3 is 2.24 bits per heavy atom. The molecule has 10 rings (SSSR count). The number of imidazole rings is 1. The molecule has 0 spiro atoms. The van der Waals surface area contributed by atoms with Crippen molar-refractivity contribution in [2.45, 2.75) is 18.8 Å². The van der Waals surface area contributed by atoms with E-state index in [0.717, 1.165) is 17.6 Å². The summed E-state index contributed by atoms with van der Waals surface area (Å²) < 4.78 is 3.43. The largest absolute Gasteiger partial charge is 0.291 e. The molecule has 5 aromatic carbocycles. The van der Waals surface area contributed by atoms with Crippen molar-refractivity contribution in [3.63, 3.8) is 0 Å². The molecule has 0 bridgehead atoms. The molecule has 50 heavy (non-hydrogen) atoms. The van der Waals surface area contributed by atoms with E-state index in [2.05, 4.69) is 157 Å². The first-order chi connectivity index (χ1) is 24.6. The maximum atomic E-state index is 10.0. The molecular formula is C46H31N3S. The molecule has 8 aromatic rings. The van der Waals surface area contributed by atoms with E-state index in [1.165, 1.54) is 70.6 Å². The van der Waals surface area contributed by atoms with Gasteiger partial charge in [-0.1, -0.05) is 110 Å². The summed E-state index contributed by atoms with van der Waals surface area (Å²) in [6.07, 6.45) is 10.2. The minimum absolute atomic E-state index is 0.426. The van der Waals surface area contributed by atoms with Crippen LogP contribution in [0.4, 0.5) is 0 Å². The summed E-state index contributed by atoms with van der Waals surface area (Å²) >= 11 is 1.79. The molecule has 4 heteroatoms. The van der Waals surface area contributed by atoms with Gasteiger partial charge in [-0.2, -0.15) is 5.26 Å². The number of aromatic nitrogens is 2. The number of nitriles is 1. The Labute approximate surface area is 294 Å². The molecule has 3 nitrogen and oxygen atoms in total. The molecule has 2 atom stereocenters. The second-order valence-electron chi connectivity index (χ2n) is 13.6. The third kappa shape index (κ3) is 4.17. The van der Waals surface area contributed by atoms with Crippen LogP contribution >= 0.6 is 11.3 Å². The van der Waals surface area contributed by atoms with Gasteiger partial charge in [-0.25, -0.2) is 4.98 Å². The summed E-state index contributed by atoms with van der Waals surface area (Å²) in [7, 11) is 0. The quantitative estimate of drug-likeness (QED) is 0.189. The standard InChI is InChI=1S/C46H31N3S/c1-29-8-7-11-36(24-29)46(35-9-3-2-4-10-35)40-25-30(28-47)13-20-37(40)38-21-18-34(27-41(38)46)32-16-14-31(15-17-32)33-19-22-42-39(26-33)44-45(50-42)49-23-6-5-12-43(49)48-44/h2-7,9-27,29H,8H2,1H3. The van der Waals surface area contributed by atoms with Gasteiger partial charge in [0.05, 0.1) is 17.0 Å². The Kier molecular flexibility index (Phi) is 6.37. The highest BCUT2D eigenvalue weighted by molar-refractivity contribution is 7.25. The van der Waals surface area contributed by atoms with Gasteiger partial charge in [-0.05, 0) is 110 Å². The van der Waals surface area contributed by atoms with Crippen LogP contribution in [0.1, 0.15) is 35.6 Å². The topological polar surface area (TPSA) is 41.1 Å². The lowest BCUT2D eigenvalue weighted by molar-refractivity contribution is 0.683. The number of benzene rings is 5. The SMILES string of the molecule is CC1C=C(C2(c3ccccc3)c3cc(C#N)ccc3-c3ccc(-c4ccc(-c5ccc6sc7c(nc8ccccn87)c6c5)cc4)cc32)C=CC1. The Hall–Kier alpha value is -6.02. The highest BCUT2D eigenvalue weighted by Gasteiger charge is 2.47. The average Bonchev–Trinajstić information content (AvgIpc) is 3.81. The number of pyridine rings is 1. The smallest absolute Gasteiger partial charge is 0.138 e. The summed E-state index contributed by atoms with van der Waals surface area (Å²) in [5, 5.41) is 11.2. The van der Waals surface area contributed by atoms with Crippen LogP contribution in [0, 0.1) is 17.2 Å². The number of hydrogen-bond acceptors (Lipinski definition) is 3. The fourth-order valence-corrected chi connectivity index (χ4v) is 9.44. The summed E-state index contributed by atoms with van der Waals surface area (Å²) in [4.78, 5) is 6.15. The fourth-order valence-electron chi connectivity index (χ4n) is 8.33. The zero-order valence-electron chi connectivity index (χ0n) is 27.5. The summed E-state index contributed by atoms with van der Waals surface area (Å²) in [6, 6.07) is 48.3. The summed E-state index contributed by atoms with van der Waals surface area (Å²) in [5.41, 5.74) is 14.3. The molecule has 0 amide bonds. The van der Waals surface area contributed by atoms with Crippen molar-refractivity contribution >= 4 is 37.4 Å². The minimum atomic E-state index is -0.529. The number of allylic oxidation sites excluding steroid dienone is 4. The maximum absolute atomic E-state index is 10.0. The van der Waals surface area contributed by atoms with Crippen LogP contribution in [-0.4, -0.2) is 9.38 Å². The Balaban J connectivity index is 1.11. The van der Waals surface area contributed by atoms with E-state index < -0.39 is 5.41 Å². The molecule has 0 aliphatic heterocycles. The maximum Gasteiger partial charge on any atom is 0.138 e. The van der Waals surface area contributed by atoms with Gasteiger partial charge in [0.25, 0.3) is 0 Å². The summed E-state index contributed by atoms with van der Waals surface area (Å²) in [6.45, 7) is 2.29. The van der Waals surface area contributed by atoms with Crippen LogP contribution in [0.3, 0.4) is 0 Å². The van der Waals surface area contributed by atoms with Crippen molar-refractivity contribution in [3.05, 3.63) is 180 Å². The van der Waals surface area contributed by atoms with E-state index in [1.54, 1.807) is 11.3 Å². The van der Waals surface area contributed by atoms with Gasteiger partial charge in [-0.3, -0.25) is 4.40 Å². The van der Waals surface area contributed by atoms with Gasteiger partial charge in [0, 0.05) is 16.3 Å². The van der Waals surface area contributed by atoms with E-state index in [0.29, 0.717) is 11.5 Å². The van der Waals surface area contributed by atoms with Crippen molar-refractivity contribution in [3.8, 4) is 39.4 Å². The number of fused-ring (bicyclic) bond motifs is 8. The van der Waals surface area contributed by atoms with Crippen LogP contribution in [0.25, 0.3) is 59.5 Å². The Bertz CT molecular complexity index is 2760. The normalized spacial score (nSPS) is 17.9. The van der Waals surface area contributed by atoms with Crippen LogP contribution in [0.2, 0.25) is 0 Å². The predicted octanol–water partition coefficient (Wildman–Crippen LogP) is 11.7. The molecule has 2 unspecified atom stereocenters. The van der Waals surface area contributed by atoms with Crippen LogP contribution in [0.15, 0.2) is 157 Å². The van der Waals surface area contributed by atoms with Crippen LogP contribution in [0.5, 0.6) is 0 Å². The van der Waals surface area contributed by atoms with Crippen molar-refractivity contribution in [2.24, 2.45) is 5.92 Å².